The molecular weight excluding hydrogens is 418 g/mol. The van der Waals surface area contributed by atoms with Gasteiger partial charge < -0.3 is 14.8 Å². The minimum atomic E-state index is -2.91. The van der Waals surface area contributed by atoms with Crippen molar-refractivity contribution in [2.24, 2.45) is 0 Å². The largest absolute Gasteiger partial charge is 0.435 e. The number of rotatable bonds is 9. The summed E-state index contributed by atoms with van der Waals surface area (Å²) in [5.41, 5.74) is 0.574. The Morgan fingerprint density at radius 3 is 2.77 bits per heavy atom. The van der Waals surface area contributed by atoms with Crippen molar-refractivity contribution < 1.29 is 32.6 Å². The van der Waals surface area contributed by atoms with Gasteiger partial charge in [-0.3, -0.25) is 19.3 Å². The fraction of sp³-hybridized carbons (Fsp3) is 0.450. The second-order valence-electron chi connectivity index (χ2n) is 6.80. The number of halogens is 2. The van der Waals surface area contributed by atoms with E-state index in [-0.39, 0.29) is 35.8 Å². The van der Waals surface area contributed by atoms with Crippen LogP contribution < -0.4 is 10.1 Å². The highest BCUT2D eigenvalue weighted by Crippen LogP contribution is 2.32. The van der Waals surface area contributed by atoms with Crippen molar-refractivity contribution in [3.8, 4) is 5.75 Å². The predicted octanol–water partition coefficient (Wildman–Crippen LogP) is 3.40. The maximum Gasteiger partial charge on any atom is 0.387 e. The van der Waals surface area contributed by atoms with Crippen LogP contribution in [0.2, 0.25) is 0 Å². The zero-order chi connectivity index (χ0) is 21.5. The SMILES string of the molecule is O=C(CCC1CCCO1)NCCN1C(=O)S/C(=C\c2ccc(OC(F)F)cc2)C1=O. The standard InChI is InChI=1S/C20H22F2N2O5S/c21-19(22)29-15-5-3-13(4-6-15)12-16-18(26)24(20(27)30-16)10-9-23-17(25)8-7-14-2-1-11-28-14/h3-6,12,14,19H,1-2,7-11H2,(H,23,25)/b16-12-. The Balaban J connectivity index is 1.46. The van der Waals surface area contributed by atoms with Gasteiger partial charge in [-0.25, -0.2) is 0 Å². The molecule has 1 N–H and O–H groups in total. The first-order chi connectivity index (χ1) is 14.4. The summed E-state index contributed by atoms with van der Waals surface area (Å²) in [6.07, 6.45) is 4.65. The van der Waals surface area contributed by atoms with Crippen molar-refractivity contribution in [2.75, 3.05) is 19.7 Å². The highest BCUT2D eigenvalue weighted by atomic mass is 32.2. The van der Waals surface area contributed by atoms with E-state index in [4.69, 9.17) is 4.74 Å². The van der Waals surface area contributed by atoms with E-state index in [1.54, 1.807) is 0 Å². The molecule has 30 heavy (non-hydrogen) atoms. The van der Waals surface area contributed by atoms with E-state index in [9.17, 15) is 23.2 Å². The number of alkyl halides is 2. The monoisotopic (exact) mass is 440 g/mol. The highest BCUT2D eigenvalue weighted by Gasteiger charge is 2.34. The zero-order valence-electron chi connectivity index (χ0n) is 16.1. The van der Waals surface area contributed by atoms with Crippen molar-refractivity contribution >= 4 is 34.9 Å². The van der Waals surface area contributed by atoms with Crippen LogP contribution in [-0.2, 0) is 14.3 Å². The summed E-state index contributed by atoms with van der Waals surface area (Å²) in [6, 6.07) is 5.74. The first kappa shape index (κ1) is 22.2. The van der Waals surface area contributed by atoms with E-state index in [0.29, 0.717) is 18.4 Å². The van der Waals surface area contributed by atoms with Gasteiger partial charge in [0.2, 0.25) is 5.91 Å². The minimum Gasteiger partial charge on any atom is -0.435 e. The molecule has 2 aliphatic heterocycles. The number of hydrogen-bond donors (Lipinski definition) is 1. The third kappa shape index (κ3) is 6.27. The Bertz CT molecular complexity index is 810. The minimum absolute atomic E-state index is 0.00508. The van der Waals surface area contributed by atoms with Crippen LogP contribution >= 0.6 is 11.8 Å². The quantitative estimate of drug-likeness (QED) is 0.593. The first-order valence-corrected chi connectivity index (χ1v) is 10.4. The number of amides is 3. The molecule has 1 unspecified atom stereocenters. The molecule has 2 fully saturated rings. The second-order valence-corrected chi connectivity index (χ2v) is 7.80. The Morgan fingerprint density at radius 2 is 2.10 bits per heavy atom. The Hall–Kier alpha value is -2.46. The van der Waals surface area contributed by atoms with Crippen LogP contribution in [0, 0.1) is 0 Å². The highest BCUT2D eigenvalue weighted by molar-refractivity contribution is 8.18. The summed E-state index contributed by atoms with van der Waals surface area (Å²) in [4.78, 5) is 37.8. The Labute approximate surface area is 176 Å². The van der Waals surface area contributed by atoms with Gasteiger partial charge in [0, 0.05) is 26.1 Å². The molecule has 7 nitrogen and oxygen atoms in total. The lowest BCUT2D eigenvalue weighted by atomic mass is 10.1. The molecule has 0 aromatic heterocycles. The number of ether oxygens (including phenoxy) is 2. The number of carbonyl (C=O) groups excluding carboxylic acids is 3. The Morgan fingerprint density at radius 1 is 1.33 bits per heavy atom. The number of nitrogens with one attached hydrogen (secondary N) is 1. The molecule has 1 aromatic carbocycles. The number of nitrogens with zero attached hydrogens (tertiary/aromatic N) is 1. The molecule has 2 saturated heterocycles. The van der Waals surface area contributed by atoms with Crippen LogP contribution in [0.15, 0.2) is 29.2 Å². The predicted molar refractivity (Wildman–Crippen MR) is 107 cm³/mol. The zero-order valence-corrected chi connectivity index (χ0v) is 17.0. The van der Waals surface area contributed by atoms with E-state index >= 15 is 0 Å². The van der Waals surface area contributed by atoms with Gasteiger partial charge in [0.05, 0.1) is 11.0 Å². The molecular formula is C20H22F2N2O5S. The smallest absolute Gasteiger partial charge is 0.387 e. The van der Waals surface area contributed by atoms with Gasteiger partial charge in [-0.05, 0) is 54.8 Å². The number of benzene rings is 1. The summed E-state index contributed by atoms with van der Waals surface area (Å²) in [6.45, 7) is -1.92. The van der Waals surface area contributed by atoms with Crippen LogP contribution in [0.25, 0.3) is 6.08 Å². The topological polar surface area (TPSA) is 84.9 Å². The molecule has 1 aromatic rings. The van der Waals surface area contributed by atoms with Crippen LogP contribution in [0.4, 0.5) is 13.6 Å². The number of hydrogen-bond acceptors (Lipinski definition) is 6. The lowest BCUT2D eigenvalue weighted by Crippen LogP contribution is -2.37. The van der Waals surface area contributed by atoms with Gasteiger partial charge in [-0.15, -0.1) is 0 Å². The lowest BCUT2D eigenvalue weighted by Gasteiger charge is -2.13. The van der Waals surface area contributed by atoms with Gasteiger partial charge in [-0.2, -0.15) is 8.78 Å². The second kappa shape index (κ2) is 10.5. The van der Waals surface area contributed by atoms with Gasteiger partial charge in [0.25, 0.3) is 11.1 Å². The van der Waals surface area contributed by atoms with Gasteiger partial charge in [0.1, 0.15) is 5.75 Å². The summed E-state index contributed by atoms with van der Waals surface area (Å²) in [5.74, 6) is -0.587. The summed E-state index contributed by atoms with van der Waals surface area (Å²) in [7, 11) is 0. The van der Waals surface area contributed by atoms with Gasteiger partial charge >= 0.3 is 6.61 Å². The van der Waals surface area contributed by atoms with E-state index in [1.165, 1.54) is 30.3 Å². The van der Waals surface area contributed by atoms with Crippen LogP contribution in [0.1, 0.15) is 31.2 Å². The van der Waals surface area contributed by atoms with Crippen LogP contribution in [0.3, 0.4) is 0 Å². The molecule has 162 valence electrons. The lowest BCUT2D eigenvalue weighted by molar-refractivity contribution is -0.124. The summed E-state index contributed by atoms with van der Waals surface area (Å²) in [5, 5.41) is 2.30. The average Bonchev–Trinajstić information content (AvgIpc) is 3.31. The number of carbonyl (C=O) groups is 3. The van der Waals surface area contributed by atoms with E-state index < -0.39 is 17.8 Å². The summed E-state index contributed by atoms with van der Waals surface area (Å²) < 4.78 is 34.1. The molecule has 0 spiro atoms. The molecule has 0 aliphatic carbocycles. The van der Waals surface area contributed by atoms with Crippen molar-refractivity contribution in [2.45, 2.75) is 38.4 Å². The van der Waals surface area contributed by atoms with Crippen LogP contribution in [0.5, 0.6) is 5.75 Å². The van der Waals surface area contributed by atoms with Crippen molar-refractivity contribution in [3.05, 3.63) is 34.7 Å². The van der Waals surface area contributed by atoms with Gasteiger partial charge in [0.15, 0.2) is 0 Å². The van der Waals surface area contributed by atoms with Crippen molar-refractivity contribution in [3.63, 3.8) is 0 Å². The van der Waals surface area contributed by atoms with Gasteiger partial charge in [-0.1, -0.05) is 12.1 Å². The van der Waals surface area contributed by atoms with E-state index in [0.717, 1.165) is 36.1 Å². The van der Waals surface area contributed by atoms with E-state index in [1.807, 2.05) is 0 Å². The molecule has 1 atom stereocenters. The number of imide groups is 1. The normalized spacial score (nSPS) is 20.4. The molecule has 2 aliphatic rings. The average molecular weight is 440 g/mol. The van der Waals surface area contributed by atoms with Crippen molar-refractivity contribution in [1.29, 1.82) is 0 Å². The van der Waals surface area contributed by atoms with Crippen LogP contribution in [-0.4, -0.2) is 54.4 Å². The number of thioether (sulfide) groups is 1. The van der Waals surface area contributed by atoms with Crippen molar-refractivity contribution in [1.82, 2.24) is 10.2 Å². The molecule has 2 heterocycles. The Kier molecular flexibility index (Phi) is 7.81. The third-order valence-electron chi connectivity index (χ3n) is 4.65. The molecule has 3 rings (SSSR count). The summed E-state index contributed by atoms with van der Waals surface area (Å²) >= 11 is 0.795. The maximum absolute atomic E-state index is 12.5. The molecule has 0 saturated carbocycles. The fourth-order valence-electron chi connectivity index (χ4n) is 3.15. The molecule has 0 bridgehead atoms. The maximum atomic E-state index is 12.5. The fourth-order valence-corrected chi connectivity index (χ4v) is 4.01. The molecule has 0 radical (unpaired) electrons. The molecule has 3 amide bonds. The molecule has 10 heteroatoms. The van der Waals surface area contributed by atoms with E-state index in [2.05, 4.69) is 10.1 Å². The first-order valence-electron chi connectivity index (χ1n) is 9.61. The third-order valence-corrected chi connectivity index (χ3v) is 5.56.